The Balaban J connectivity index is 2.08. The molecule has 2 aromatic rings. The topological polar surface area (TPSA) is 137 Å². The van der Waals surface area contributed by atoms with Gasteiger partial charge in [0.15, 0.2) is 5.69 Å². The van der Waals surface area contributed by atoms with Crippen LogP contribution >= 0.6 is 0 Å². The number of hydrogen-bond acceptors (Lipinski definition) is 7. The number of carbonyl (C=O) groups excluding carboxylic acids is 2. The molecular weight excluding hydrogens is 326 g/mol. The number of hydrogen-bond donors (Lipinski definition) is 2. The van der Waals surface area contributed by atoms with E-state index in [0.29, 0.717) is 0 Å². The van der Waals surface area contributed by atoms with Crippen molar-refractivity contribution >= 4 is 23.2 Å². The Morgan fingerprint density at radius 3 is 2.52 bits per heavy atom. The summed E-state index contributed by atoms with van der Waals surface area (Å²) in [6.07, 6.45) is 0. The molecule has 0 radical (unpaired) electrons. The average Bonchev–Trinajstić information content (AvgIpc) is 2.87. The summed E-state index contributed by atoms with van der Waals surface area (Å²) in [4.78, 5) is 35.4. The average molecular weight is 337 g/mol. The predicted octanol–water partition coefficient (Wildman–Crippen LogP) is 1.57. The third kappa shape index (κ3) is 2.46. The van der Waals surface area contributed by atoms with Crippen molar-refractivity contribution in [3.05, 3.63) is 50.8 Å². The van der Waals surface area contributed by atoms with E-state index in [4.69, 9.17) is 5.26 Å². The highest BCUT2D eigenvalue weighted by molar-refractivity contribution is 6.21. The van der Waals surface area contributed by atoms with Crippen molar-refractivity contribution in [2.24, 2.45) is 17.3 Å². The molecule has 25 heavy (non-hydrogen) atoms. The monoisotopic (exact) mass is 337 g/mol. The van der Waals surface area contributed by atoms with E-state index < -0.39 is 23.3 Å². The van der Waals surface area contributed by atoms with E-state index in [-0.39, 0.29) is 33.6 Å². The SMILES string of the molecule is Cc1c(C#N)c(O)n(C)c(=O)c1N=Nc1ccc2c(c1)C(=O)NC2=O. The quantitative estimate of drug-likeness (QED) is 0.633. The molecule has 0 atom stereocenters. The van der Waals surface area contributed by atoms with Gasteiger partial charge in [-0.15, -0.1) is 5.11 Å². The Morgan fingerprint density at radius 2 is 1.84 bits per heavy atom. The van der Waals surface area contributed by atoms with E-state index in [1.807, 2.05) is 6.07 Å². The van der Waals surface area contributed by atoms with Crippen molar-refractivity contribution in [3.63, 3.8) is 0 Å². The lowest BCUT2D eigenvalue weighted by atomic mass is 10.1. The van der Waals surface area contributed by atoms with Crippen LogP contribution in [0.4, 0.5) is 11.4 Å². The molecule has 2 N–H and O–H groups in total. The van der Waals surface area contributed by atoms with Gasteiger partial charge in [-0.3, -0.25) is 24.3 Å². The Bertz CT molecular complexity index is 1080. The zero-order valence-electron chi connectivity index (χ0n) is 13.2. The smallest absolute Gasteiger partial charge is 0.281 e. The van der Waals surface area contributed by atoms with Crippen LogP contribution in [-0.2, 0) is 7.05 Å². The van der Waals surface area contributed by atoms with Gasteiger partial charge in [0.25, 0.3) is 17.4 Å². The number of azo groups is 1. The first kappa shape index (κ1) is 16.1. The van der Waals surface area contributed by atoms with E-state index in [1.54, 1.807) is 0 Å². The van der Waals surface area contributed by atoms with Crippen LogP contribution in [0.2, 0.25) is 0 Å². The summed E-state index contributed by atoms with van der Waals surface area (Å²) in [6, 6.07) is 6.11. The normalized spacial score (nSPS) is 13.0. The second kappa shape index (κ2) is 5.68. The highest BCUT2D eigenvalue weighted by Gasteiger charge is 2.26. The highest BCUT2D eigenvalue weighted by atomic mass is 16.3. The minimum Gasteiger partial charge on any atom is -0.493 e. The standard InChI is InChI=1S/C16H11N5O4/c1-7-11(6-17)15(24)21(2)16(25)12(7)20-19-8-3-4-9-10(5-8)14(23)18-13(9)22/h3-5,24H,1-2H3,(H,18,22,23). The molecule has 1 aromatic heterocycles. The van der Waals surface area contributed by atoms with Crippen LogP contribution in [-0.4, -0.2) is 21.5 Å². The summed E-state index contributed by atoms with van der Waals surface area (Å²) < 4.78 is 0.898. The fourth-order valence-corrected chi connectivity index (χ4v) is 2.45. The number of pyridine rings is 1. The molecule has 1 aromatic carbocycles. The number of nitriles is 1. The zero-order chi connectivity index (χ0) is 18.3. The molecule has 2 amide bonds. The first-order valence-corrected chi connectivity index (χ1v) is 7.09. The molecular formula is C16H11N5O4. The number of fused-ring (bicyclic) bond motifs is 1. The number of aromatic nitrogens is 1. The van der Waals surface area contributed by atoms with Crippen molar-refractivity contribution in [2.45, 2.75) is 6.92 Å². The lowest BCUT2D eigenvalue weighted by Gasteiger charge is -2.08. The lowest BCUT2D eigenvalue weighted by molar-refractivity contribution is 0.0879. The van der Waals surface area contributed by atoms with Crippen LogP contribution in [0.3, 0.4) is 0 Å². The van der Waals surface area contributed by atoms with Crippen LogP contribution in [0.15, 0.2) is 33.2 Å². The summed E-state index contributed by atoms with van der Waals surface area (Å²) >= 11 is 0. The first-order valence-electron chi connectivity index (χ1n) is 7.09. The van der Waals surface area contributed by atoms with E-state index in [0.717, 1.165) is 4.57 Å². The van der Waals surface area contributed by atoms with Crippen LogP contribution in [0.25, 0.3) is 0 Å². The van der Waals surface area contributed by atoms with Crippen LogP contribution < -0.4 is 10.9 Å². The summed E-state index contributed by atoms with van der Waals surface area (Å²) in [5.74, 6) is -1.46. The van der Waals surface area contributed by atoms with E-state index >= 15 is 0 Å². The van der Waals surface area contributed by atoms with Gasteiger partial charge in [0.2, 0.25) is 5.88 Å². The largest absolute Gasteiger partial charge is 0.493 e. The van der Waals surface area contributed by atoms with E-state index in [9.17, 15) is 19.5 Å². The molecule has 9 heteroatoms. The molecule has 1 aliphatic rings. The van der Waals surface area contributed by atoms with Gasteiger partial charge in [-0.2, -0.15) is 10.4 Å². The van der Waals surface area contributed by atoms with Crippen molar-refractivity contribution in [1.29, 1.82) is 5.26 Å². The van der Waals surface area contributed by atoms with Gasteiger partial charge in [0, 0.05) is 12.6 Å². The Labute approximate surface area is 140 Å². The summed E-state index contributed by atoms with van der Waals surface area (Å²) in [6.45, 7) is 1.48. The van der Waals surface area contributed by atoms with Crippen molar-refractivity contribution in [1.82, 2.24) is 9.88 Å². The lowest BCUT2D eigenvalue weighted by Crippen LogP contribution is -2.19. The Morgan fingerprint density at radius 1 is 1.16 bits per heavy atom. The molecule has 3 rings (SSSR count). The molecule has 0 unspecified atom stereocenters. The maximum absolute atomic E-state index is 12.2. The van der Waals surface area contributed by atoms with Crippen molar-refractivity contribution in [3.8, 4) is 11.9 Å². The van der Waals surface area contributed by atoms with Gasteiger partial charge in [-0.1, -0.05) is 0 Å². The molecule has 0 spiro atoms. The maximum Gasteiger partial charge on any atom is 0.281 e. The fraction of sp³-hybridized carbons (Fsp3) is 0.125. The van der Waals surface area contributed by atoms with Crippen molar-refractivity contribution < 1.29 is 14.7 Å². The third-order valence-electron chi connectivity index (χ3n) is 3.88. The molecule has 0 fully saturated rings. The van der Waals surface area contributed by atoms with Gasteiger partial charge in [0.05, 0.1) is 16.8 Å². The Kier molecular flexibility index (Phi) is 3.65. The number of carbonyl (C=O) groups is 2. The van der Waals surface area contributed by atoms with Gasteiger partial charge in [-0.25, -0.2) is 0 Å². The maximum atomic E-state index is 12.2. The molecule has 0 saturated carbocycles. The van der Waals surface area contributed by atoms with Crippen LogP contribution in [0.5, 0.6) is 5.88 Å². The second-order valence-electron chi connectivity index (χ2n) is 5.36. The number of imide groups is 1. The number of rotatable bonds is 2. The van der Waals surface area contributed by atoms with Gasteiger partial charge < -0.3 is 5.11 Å². The van der Waals surface area contributed by atoms with E-state index in [1.165, 1.54) is 32.2 Å². The van der Waals surface area contributed by atoms with Crippen LogP contribution in [0.1, 0.15) is 31.8 Å². The van der Waals surface area contributed by atoms with Gasteiger partial charge >= 0.3 is 0 Å². The zero-order valence-corrected chi connectivity index (χ0v) is 13.2. The molecule has 9 nitrogen and oxygen atoms in total. The molecule has 0 bridgehead atoms. The Hall–Kier alpha value is -3.80. The molecule has 0 aliphatic carbocycles. The predicted molar refractivity (Wildman–Crippen MR) is 85.2 cm³/mol. The van der Waals surface area contributed by atoms with Gasteiger partial charge in [-0.05, 0) is 25.1 Å². The number of aromatic hydroxyl groups is 1. The minimum atomic E-state index is -0.619. The number of benzene rings is 1. The second-order valence-corrected chi connectivity index (χ2v) is 5.36. The summed E-state index contributed by atoms with van der Waals surface area (Å²) in [5, 5.41) is 28.9. The minimum absolute atomic E-state index is 0.0741. The summed E-state index contributed by atoms with van der Waals surface area (Å²) in [7, 11) is 1.31. The first-order chi connectivity index (χ1) is 11.8. The van der Waals surface area contributed by atoms with Gasteiger partial charge in [0.1, 0.15) is 11.6 Å². The molecule has 1 aliphatic heterocycles. The molecule has 0 saturated heterocycles. The van der Waals surface area contributed by atoms with E-state index in [2.05, 4.69) is 15.5 Å². The fourth-order valence-electron chi connectivity index (χ4n) is 2.45. The number of nitrogens with one attached hydrogen (secondary N) is 1. The third-order valence-corrected chi connectivity index (χ3v) is 3.88. The molecule has 2 heterocycles. The summed E-state index contributed by atoms with van der Waals surface area (Å²) in [5.41, 5.74) is 0.0826. The molecule has 124 valence electrons. The number of amides is 2. The number of nitrogens with zero attached hydrogens (tertiary/aromatic N) is 4. The highest BCUT2D eigenvalue weighted by Crippen LogP contribution is 2.27. The van der Waals surface area contributed by atoms with Crippen molar-refractivity contribution in [2.75, 3.05) is 0 Å². The van der Waals surface area contributed by atoms with Crippen LogP contribution in [0, 0.1) is 18.3 Å².